The molecule has 0 spiro atoms. The topological polar surface area (TPSA) is 85.3 Å². The fraction of sp³-hybridized carbons (Fsp3) is 0.500. The molecular formula is C28H40N2O3. The predicted octanol–water partition coefficient (Wildman–Crippen LogP) is 6.53. The zero-order valence-corrected chi connectivity index (χ0v) is 21.5. The zero-order valence-electron chi connectivity index (χ0n) is 21.5. The number of ether oxygens (including phenoxy) is 2. The standard InChI is InChI=1S/C17H23NO2.C9H11NO.C2H6/c1-6-19-14-9-13(8-7-12(14)10-18)20-15-16(2,3)11-17(15,4)5;1-2-7-3-5-8(6-4-7)9(10)11;1-2/h7-9,15H,6,11H2,1-5H3;3-6H,2H2,1H3,(H2,10,11);1-2H3. The Labute approximate surface area is 199 Å². The van der Waals surface area contributed by atoms with E-state index in [1.807, 2.05) is 45.0 Å². The lowest BCUT2D eigenvalue weighted by atomic mass is 9.53. The molecule has 0 atom stereocenters. The van der Waals surface area contributed by atoms with E-state index in [2.05, 4.69) is 40.7 Å². The Morgan fingerprint density at radius 1 is 1.06 bits per heavy atom. The van der Waals surface area contributed by atoms with E-state index in [0.717, 1.165) is 18.6 Å². The van der Waals surface area contributed by atoms with Gasteiger partial charge in [0.1, 0.15) is 23.7 Å². The van der Waals surface area contributed by atoms with Gasteiger partial charge in [0.15, 0.2) is 0 Å². The van der Waals surface area contributed by atoms with E-state index >= 15 is 0 Å². The summed E-state index contributed by atoms with van der Waals surface area (Å²) >= 11 is 0. The van der Waals surface area contributed by atoms with E-state index in [1.54, 1.807) is 18.2 Å². The Kier molecular flexibility index (Phi) is 10.4. The van der Waals surface area contributed by atoms with E-state index in [-0.39, 0.29) is 22.8 Å². The fourth-order valence-corrected chi connectivity index (χ4v) is 4.59. The van der Waals surface area contributed by atoms with Crippen LogP contribution in [0.2, 0.25) is 0 Å². The minimum atomic E-state index is -0.368. The average Bonchev–Trinajstić information content (AvgIpc) is 2.79. The zero-order chi connectivity index (χ0) is 25.2. The van der Waals surface area contributed by atoms with Crippen LogP contribution in [0.4, 0.5) is 0 Å². The lowest BCUT2D eigenvalue weighted by molar-refractivity contribution is -0.133. The molecule has 0 radical (unpaired) electrons. The van der Waals surface area contributed by atoms with Crippen molar-refractivity contribution in [2.45, 2.75) is 74.3 Å². The van der Waals surface area contributed by atoms with Gasteiger partial charge in [0, 0.05) is 22.5 Å². The van der Waals surface area contributed by atoms with Gasteiger partial charge in [0.2, 0.25) is 5.91 Å². The van der Waals surface area contributed by atoms with E-state index in [1.165, 1.54) is 5.56 Å². The smallest absolute Gasteiger partial charge is 0.248 e. The number of amides is 1. The van der Waals surface area contributed by atoms with Crippen molar-refractivity contribution in [1.82, 2.24) is 0 Å². The number of primary amides is 1. The number of nitrogens with two attached hydrogens (primary N) is 1. The van der Waals surface area contributed by atoms with E-state index in [9.17, 15) is 4.79 Å². The molecule has 0 heterocycles. The maximum atomic E-state index is 10.6. The second-order valence-corrected chi connectivity index (χ2v) is 9.27. The number of carbonyl (C=O) groups is 1. The molecule has 2 N–H and O–H groups in total. The minimum Gasteiger partial charge on any atom is -0.492 e. The van der Waals surface area contributed by atoms with Crippen LogP contribution in [0, 0.1) is 22.2 Å². The summed E-state index contributed by atoms with van der Waals surface area (Å²) in [5.74, 6) is 1.01. The molecular weight excluding hydrogens is 412 g/mol. The van der Waals surface area contributed by atoms with Gasteiger partial charge in [-0.3, -0.25) is 4.79 Å². The number of rotatable bonds is 6. The number of benzene rings is 2. The first-order valence-electron chi connectivity index (χ1n) is 11.8. The first-order chi connectivity index (χ1) is 15.5. The van der Waals surface area contributed by atoms with Gasteiger partial charge in [-0.25, -0.2) is 0 Å². The maximum absolute atomic E-state index is 10.6. The molecule has 0 bridgehead atoms. The monoisotopic (exact) mass is 452 g/mol. The molecule has 0 saturated heterocycles. The molecule has 1 amide bonds. The summed E-state index contributed by atoms with van der Waals surface area (Å²) in [6, 6.07) is 14.9. The molecule has 0 aliphatic heterocycles. The third-order valence-corrected chi connectivity index (χ3v) is 5.60. The molecule has 1 aliphatic rings. The average molecular weight is 453 g/mol. The summed E-state index contributed by atoms with van der Waals surface area (Å²) in [5.41, 5.74) is 7.77. The van der Waals surface area contributed by atoms with E-state index in [0.29, 0.717) is 23.5 Å². The highest BCUT2D eigenvalue weighted by molar-refractivity contribution is 5.92. The van der Waals surface area contributed by atoms with E-state index < -0.39 is 0 Å². The Morgan fingerprint density at radius 2 is 1.64 bits per heavy atom. The van der Waals surface area contributed by atoms with Crippen LogP contribution < -0.4 is 15.2 Å². The summed E-state index contributed by atoms with van der Waals surface area (Å²) in [6.07, 6.45) is 2.32. The van der Waals surface area contributed by atoms with Gasteiger partial charge in [-0.2, -0.15) is 5.26 Å². The third-order valence-electron chi connectivity index (χ3n) is 5.60. The first kappa shape index (κ1) is 28.0. The van der Waals surface area contributed by atoms with Crippen LogP contribution in [0.25, 0.3) is 0 Å². The van der Waals surface area contributed by atoms with Crippen molar-refractivity contribution >= 4 is 5.91 Å². The molecule has 1 fully saturated rings. The number of nitrogens with zero attached hydrogens (tertiary/aromatic N) is 1. The van der Waals surface area contributed by atoms with Gasteiger partial charge in [0.25, 0.3) is 0 Å². The first-order valence-corrected chi connectivity index (χ1v) is 11.8. The lowest BCUT2D eigenvalue weighted by Crippen LogP contribution is -2.58. The molecule has 1 saturated carbocycles. The molecule has 2 aromatic carbocycles. The molecule has 1 aliphatic carbocycles. The Balaban J connectivity index is 0.000000354. The van der Waals surface area contributed by atoms with Gasteiger partial charge in [-0.1, -0.05) is 60.6 Å². The van der Waals surface area contributed by atoms with Gasteiger partial charge in [-0.15, -0.1) is 0 Å². The largest absolute Gasteiger partial charge is 0.492 e. The molecule has 0 unspecified atom stereocenters. The van der Waals surface area contributed by atoms with Gasteiger partial charge < -0.3 is 15.2 Å². The quantitative estimate of drug-likeness (QED) is 0.539. The Hall–Kier alpha value is -3.00. The SMILES string of the molecule is CC.CCOc1cc(OC2C(C)(C)CC2(C)C)ccc1C#N.CCc1ccc(C(N)=O)cc1. The molecule has 33 heavy (non-hydrogen) atoms. The Bertz CT molecular complexity index is 927. The summed E-state index contributed by atoms with van der Waals surface area (Å²) in [4.78, 5) is 10.6. The predicted molar refractivity (Wildman–Crippen MR) is 135 cm³/mol. The van der Waals surface area contributed by atoms with Gasteiger partial charge in [-0.05, 0) is 49.6 Å². The van der Waals surface area contributed by atoms with Gasteiger partial charge >= 0.3 is 0 Å². The van der Waals surface area contributed by atoms with Crippen molar-refractivity contribution in [1.29, 1.82) is 5.26 Å². The van der Waals surface area contributed by atoms with Crippen molar-refractivity contribution in [2.75, 3.05) is 6.61 Å². The number of aryl methyl sites for hydroxylation is 1. The van der Waals surface area contributed by atoms with Crippen LogP contribution in [-0.4, -0.2) is 18.6 Å². The van der Waals surface area contributed by atoms with Crippen molar-refractivity contribution in [2.24, 2.45) is 16.6 Å². The molecule has 3 rings (SSSR count). The highest BCUT2D eigenvalue weighted by atomic mass is 16.5. The number of carbonyl (C=O) groups excluding carboxylic acids is 1. The summed E-state index contributed by atoms with van der Waals surface area (Å²) < 4.78 is 11.7. The summed E-state index contributed by atoms with van der Waals surface area (Å²) in [6.45, 7) is 17.4. The van der Waals surface area contributed by atoms with Crippen molar-refractivity contribution in [3.05, 3.63) is 59.2 Å². The molecule has 5 nitrogen and oxygen atoms in total. The van der Waals surface area contributed by atoms with Crippen LogP contribution in [0.1, 0.15) is 83.3 Å². The minimum absolute atomic E-state index is 0.178. The Morgan fingerprint density at radius 3 is 2.06 bits per heavy atom. The second kappa shape index (κ2) is 12.3. The third kappa shape index (κ3) is 7.53. The normalized spacial score (nSPS) is 15.4. The molecule has 0 aromatic heterocycles. The number of hydrogen-bond donors (Lipinski definition) is 1. The molecule has 2 aromatic rings. The van der Waals surface area contributed by atoms with Crippen molar-refractivity contribution in [3.63, 3.8) is 0 Å². The molecule has 180 valence electrons. The van der Waals surface area contributed by atoms with Crippen molar-refractivity contribution < 1.29 is 14.3 Å². The van der Waals surface area contributed by atoms with Crippen LogP contribution >= 0.6 is 0 Å². The van der Waals surface area contributed by atoms with Gasteiger partial charge in [0.05, 0.1) is 12.2 Å². The van der Waals surface area contributed by atoms with Crippen molar-refractivity contribution in [3.8, 4) is 17.6 Å². The molecule has 5 heteroatoms. The van der Waals surface area contributed by atoms with Crippen LogP contribution in [-0.2, 0) is 6.42 Å². The van der Waals surface area contributed by atoms with Crippen LogP contribution in [0.5, 0.6) is 11.5 Å². The number of hydrogen-bond acceptors (Lipinski definition) is 4. The van der Waals surface area contributed by atoms with Crippen LogP contribution in [0.15, 0.2) is 42.5 Å². The summed E-state index contributed by atoms with van der Waals surface area (Å²) in [7, 11) is 0. The lowest BCUT2D eigenvalue weighted by Gasteiger charge is -2.56. The van der Waals surface area contributed by atoms with Crippen LogP contribution in [0.3, 0.4) is 0 Å². The second-order valence-electron chi connectivity index (χ2n) is 9.27. The maximum Gasteiger partial charge on any atom is 0.248 e. The fourth-order valence-electron chi connectivity index (χ4n) is 4.59. The summed E-state index contributed by atoms with van der Waals surface area (Å²) in [5, 5.41) is 9.07. The number of nitriles is 1. The highest BCUT2D eigenvalue weighted by Crippen LogP contribution is 2.55. The van der Waals surface area contributed by atoms with E-state index in [4.69, 9.17) is 20.5 Å². The highest BCUT2D eigenvalue weighted by Gasteiger charge is 2.54.